The van der Waals surface area contributed by atoms with Crippen LogP contribution in [-0.2, 0) is 0 Å². The van der Waals surface area contributed by atoms with E-state index in [-0.39, 0.29) is 43.7 Å². The van der Waals surface area contributed by atoms with Crippen molar-refractivity contribution in [2.24, 2.45) is 0 Å². The Hall–Kier alpha value is -2.82. The highest BCUT2D eigenvalue weighted by molar-refractivity contribution is 6.03. The van der Waals surface area contributed by atoms with Gasteiger partial charge in [-0.2, -0.15) is 0 Å². The van der Waals surface area contributed by atoms with Gasteiger partial charge in [0.15, 0.2) is 11.6 Å². The van der Waals surface area contributed by atoms with Gasteiger partial charge in [0, 0.05) is 24.2 Å². The number of carbonyl (C=O) groups is 2. The van der Waals surface area contributed by atoms with Crippen LogP contribution in [-0.4, -0.2) is 105 Å². The average Bonchev–Trinajstić information content (AvgIpc) is 2.96. The molecule has 4 N–H and O–H groups in total. The molecule has 0 aliphatic heterocycles. The van der Waals surface area contributed by atoms with Crippen molar-refractivity contribution in [3.8, 4) is 11.5 Å². The van der Waals surface area contributed by atoms with E-state index in [0.717, 1.165) is 25.7 Å². The Balaban J connectivity index is 1.90. The van der Waals surface area contributed by atoms with Crippen LogP contribution in [0.4, 0.5) is 0 Å². The minimum Gasteiger partial charge on any atom is -0.508 e. The molecule has 0 radical (unpaired) electrons. The summed E-state index contributed by atoms with van der Waals surface area (Å²) < 4.78 is 5.38. The fourth-order valence-corrected chi connectivity index (χ4v) is 5.01. The van der Waals surface area contributed by atoms with Crippen molar-refractivity contribution in [3.05, 3.63) is 59.7 Å². The number of Topliss-reactive ketones (excluding diaryl/α,β-unsaturated/α-hetero) is 2. The Morgan fingerprint density at radius 2 is 1.05 bits per heavy atom. The summed E-state index contributed by atoms with van der Waals surface area (Å²) in [5, 5.41) is 37.8. The van der Waals surface area contributed by atoms with E-state index >= 15 is 0 Å². The third-order valence-electron chi connectivity index (χ3n) is 7.64. The average molecular weight is 573 g/mol. The zero-order chi connectivity index (χ0) is 30.5. The Bertz CT molecular complexity index is 1070. The summed E-state index contributed by atoms with van der Waals surface area (Å²) in [6, 6.07) is 13.1. The number of carbonyl (C=O) groups excluding carboxylic acids is 2. The Morgan fingerprint density at radius 3 is 1.44 bits per heavy atom. The second-order valence-electron chi connectivity index (χ2n) is 11.3. The number of hydrogen-bond donors (Lipinski definition) is 4. The molecule has 0 heterocycles. The summed E-state index contributed by atoms with van der Waals surface area (Å²) >= 11 is 0. The maximum absolute atomic E-state index is 13.4. The second-order valence-corrected chi connectivity index (χ2v) is 11.3. The van der Waals surface area contributed by atoms with Crippen LogP contribution in [0.25, 0.3) is 0 Å². The van der Waals surface area contributed by atoms with Gasteiger partial charge >= 0.3 is 0 Å². The molecule has 0 unspecified atom stereocenters. The van der Waals surface area contributed by atoms with Crippen molar-refractivity contribution in [3.63, 3.8) is 0 Å². The number of ketones is 2. The van der Waals surface area contributed by atoms with Gasteiger partial charge in [0.1, 0.15) is 18.1 Å². The highest BCUT2D eigenvalue weighted by Gasteiger charge is 2.35. The summed E-state index contributed by atoms with van der Waals surface area (Å²) in [5.74, 6) is 0.590. The number of hydrogen-bond acceptors (Lipinski definition) is 9. The lowest BCUT2D eigenvalue weighted by Crippen LogP contribution is -2.51. The Labute approximate surface area is 244 Å². The Kier molecular flexibility index (Phi) is 13.9. The third kappa shape index (κ3) is 9.90. The molecule has 0 aromatic heterocycles. The topological polar surface area (TPSA) is 131 Å². The molecule has 228 valence electrons. The first-order chi connectivity index (χ1) is 19.5. The molecule has 2 aromatic rings. The lowest BCUT2D eigenvalue weighted by Gasteiger charge is -2.37. The molecule has 0 fully saturated rings. The molecule has 0 amide bonds. The molecule has 0 saturated carbocycles. The van der Waals surface area contributed by atoms with E-state index in [1.807, 2.05) is 37.5 Å². The summed E-state index contributed by atoms with van der Waals surface area (Å²) in [6.45, 7) is 9.56. The summed E-state index contributed by atoms with van der Waals surface area (Å²) in [4.78, 5) is 30.6. The lowest BCUT2D eigenvalue weighted by molar-refractivity contribution is 0.0557. The molecule has 9 heteroatoms. The number of aliphatic hydroxyl groups excluding tert-OH is 3. The number of phenols is 1. The predicted octanol–water partition coefficient (Wildman–Crippen LogP) is 3.54. The number of benzene rings is 2. The van der Waals surface area contributed by atoms with Crippen LogP contribution >= 0.6 is 0 Å². The van der Waals surface area contributed by atoms with Gasteiger partial charge < -0.3 is 25.2 Å². The van der Waals surface area contributed by atoms with Crippen LogP contribution in [0.3, 0.4) is 0 Å². The molecule has 0 saturated heterocycles. The number of ether oxygens (including phenoxy) is 1. The minimum atomic E-state index is -0.814. The highest BCUT2D eigenvalue weighted by atomic mass is 16.5. The van der Waals surface area contributed by atoms with Crippen LogP contribution in [0.1, 0.15) is 74.1 Å². The van der Waals surface area contributed by atoms with Gasteiger partial charge in [0.05, 0.1) is 30.9 Å². The van der Waals surface area contributed by atoms with E-state index in [1.165, 1.54) is 12.1 Å². The van der Waals surface area contributed by atoms with Crippen molar-refractivity contribution in [2.45, 2.75) is 64.5 Å². The van der Waals surface area contributed by atoms with Crippen LogP contribution < -0.4 is 4.74 Å². The zero-order valence-corrected chi connectivity index (χ0v) is 25.0. The zero-order valence-electron chi connectivity index (χ0n) is 25.0. The van der Waals surface area contributed by atoms with Crippen LogP contribution in [0.5, 0.6) is 11.5 Å². The smallest absolute Gasteiger partial charge is 0.182 e. The second kappa shape index (κ2) is 16.6. The number of aliphatic hydroxyl groups is 3. The van der Waals surface area contributed by atoms with Gasteiger partial charge in [-0.05, 0) is 102 Å². The molecular weight excluding hydrogens is 524 g/mol. The van der Waals surface area contributed by atoms with Gasteiger partial charge in [0.2, 0.25) is 0 Å². The molecule has 0 bridgehead atoms. The van der Waals surface area contributed by atoms with Crippen molar-refractivity contribution < 1.29 is 34.8 Å². The van der Waals surface area contributed by atoms with Gasteiger partial charge in [-0.15, -0.1) is 0 Å². The molecule has 9 nitrogen and oxygen atoms in total. The van der Waals surface area contributed by atoms with Gasteiger partial charge in [-0.1, -0.05) is 12.8 Å². The van der Waals surface area contributed by atoms with Gasteiger partial charge in [0.25, 0.3) is 0 Å². The standard InChI is InChI=1S/C32H48N2O7/c1-31(2,29(39)25-9-13-27(38)14-10-25)33(19-21-35)17-7-5-6-8-18-34(20-22-36)32(3,4)30(40)26-11-15-28(16-12-26)41-24-23-37/h9-16,35-38H,5-8,17-24H2,1-4H3. The minimum absolute atomic E-state index is 0.0418. The maximum atomic E-state index is 13.4. The monoisotopic (exact) mass is 572 g/mol. The van der Waals surface area contributed by atoms with Crippen molar-refractivity contribution in [2.75, 3.05) is 52.6 Å². The van der Waals surface area contributed by atoms with E-state index in [2.05, 4.69) is 0 Å². The SMILES string of the molecule is CC(C)(C(=O)c1ccc(O)cc1)N(CCO)CCCCCCN(CCO)C(C)(C)C(=O)c1ccc(OCCO)cc1. The molecule has 0 aliphatic rings. The van der Waals surface area contributed by atoms with E-state index in [4.69, 9.17) is 9.84 Å². The molecule has 0 spiro atoms. The number of rotatable bonds is 20. The normalized spacial score (nSPS) is 12.2. The number of unbranched alkanes of at least 4 members (excludes halogenated alkanes) is 3. The highest BCUT2D eigenvalue weighted by Crippen LogP contribution is 2.25. The largest absolute Gasteiger partial charge is 0.508 e. The first-order valence-electron chi connectivity index (χ1n) is 14.4. The first kappa shape index (κ1) is 34.4. The van der Waals surface area contributed by atoms with Gasteiger partial charge in [-0.25, -0.2) is 0 Å². The molecule has 41 heavy (non-hydrogen) atoms. The molecular formula is C32H48N2O7. The number of phenolic OH excluding ortho intramolecular Hbond substituents is 1. The van der Waals surface area contributed by atoms with Crippen LogP contribution in [0.2, 0.25) is 0 Å². The van der Waals surface area contributed by atoms with E-state index < -0.39 is 11.1 Å². The van der Waals surface area contributed by atoms with Crippen LogP contribution in [0.15, 0.2) is 48.5 Å². The summed E-state index contributed by atoms with van der Waals surface area (Å²) in [7, 11) is 0. The third-order valence-corrected chi connectivity index (χ3v) is 7.64. The molecule has 0 atom stereocenters. The summed E-state index contributed by atoms with van der Waals surface area (Å²) in [5.41, 5.74) is -0.552. The molecule has 0 aliphatic carbocycles. The molecule has 2 aromatic carbocycles. The van der Waals surface area contributed by atoms with E-state index in [1.54, 1.807) is 36.4 Å². The van der Waals surface area contributed by atoms with E-state index in [9.17, 15) is 24.9 Å². The first-order valence-corrected chi connectivity index (χ1v) is 14.4. The number of aromatic hydroxyl groups is 1. The number of nitrogens with zero attached hydrogens (tertiary/aromatic N) is 2. The summed E-state index contributed by atoms with van der Waals surface area (Å²) in [6.07, 6.45) is 3.53. The fourth-order valence-electron chi connectivity index (χ4n) is 5.01. The quantitative estimate of drug-likeness (QED) is 0.139. The van der Waals surface area contributed by atoms with Crippen LogP contribution in [0, 0.1) is 0 Å². The van der Waals surface area contributed by atoms with Crippen molar-refractivity contribution in [1.29, 1.82) is 0 Å². The van der Waals surface area contributed by atoms with Gasteiger partial charge in [-0.3, -0.25) is 19.4 Å². The predicted molar refractivity (Wildman–Crippen MR) is 160 cm³/mol. The fraction of sp³-hybridized carbons (Fsp3) is 0.562. The molecule has 2 rings (SSSR count). The van der Waals surface area contributed by atoms with Crippen molar-refractivity contribution in [1.82, 2.24) is 9.80 Å². The van der Waals surface area contributed by atoms with E-state index in [0.29, 0.717) is 43.1 Å². The van der Waals surface area contributed by atoms with Crippen molar-refractivity contribution >= 4 is 11.6 Å². The Morgan fingerprint density at radius 1 is 0.634 bits per heavy atom. The lowest BCUT2D eigenvalue weighted by atomic mass is 9.90. The number of β-amino-alcohol motifs (C(OH)–C–C–N with tert-alkyl or cyclic N) is 2. The maximum Gasteiger partial charge on any atom is 0.182 e.